The minimum atomic E-state index is 0.281. The molecule has 2 heterocycles. The number of aromatic nitrogens is 2. The van der Waals surface area contributed by atoms with Gasteiger partial charge in [0, 0.05) is 43.0 Å². The first kappa shape index (κ1) is 17.9. The van der Waals surface area contributed by atoms with Gasteiger partial charge in [-0.05, 0) is 49.2 Å². The Kier molecular flexibility index (Phi) is 4.54. The first-order valence-electron chi connectivity index (χ1n) is 10.2. The third-order valence-corrected chi connectivity index (χ3v) is 5.75. The Balaban J connectivity index is 1.46. The quantitative estimate of drug-likeness (QED) is 0.686. The van der Waals surface area contributed by atoms with E-state index < -0.39 is 0 Å². The van der Waals surface area contributed by atoms with Crippen LogP contribution in [0.25, 0.3) is 22.3 Å². The number of methoxy groups -OCH3 is 1. The Hall–Kier alpha value is -3.15. The fraction of sp³-hybridized carbons (Fsp3) is 0.348. The number of benzene rings is 2. The van der Waals surface area contributed by atoms with Gasteiger partial charge in [-0.2, -0.15) is 0 Å². The summed E-state index contributed by atoms with van der Waals surface area (Å²) in [5.41, 5.74) is 1.89. The molecule has 1 amide bonds. The molecule has 0 atom stereocenters. The van der Waals surface area contributed by atoms with Crippen LogP contribution in [0.2, 0.25) is 0 Å². The van der Waals surface area contributed by atoms with Crippen LogP contribution in [0.4, 0.5) is 5.82 Å². The van der Waals surface area contributed by atoms with E-state index in [1.165, 1.54) is 0 Å². The molecule has 0 radical (unpaired) electrons. The molecule has 2 aliphatic rings. The van der Waals surface area contributed by atoms with E-state index in [9.17, 15) is 4.79 Å². The summed E-state index contributed by atoms with van der Waals surface area (Å²) in [7, 11) is 1.66. The summed E-state index contributed by atoms with van der Waals surface area (Å²) in [5, 5.41) is 1.05. The third kappa shape index (κ3) is 3.50. The smallest absolute Gasteiger partial charge is 0.225 e. The fourth-order valence-electron chi connectivity index (χ4n) is 3.90. The molecule has 1 aliphatic heterocycles. The normalized spacial score (nSPS) is 16.9. The first-order valence-corrected chi connectivity index (χ1v) is 10.2. The lowest BCUT2D eigenvalue weighted by molar-refractivity contribution is -0.132. The largest absolute Gasteiger partial charge is 0.497 e. The highest BCUT2D eigenvalue weighted by Crippen LogP contribution is 2.32. The summed E-state index contributed by atoms with van der Waals surface area (Å²) in [4.78, 5) is 26.4. The first-order chi connectivity index (χ1) is 14.2. The van der Waals surface area contributed by atoms with Gasteiger partial charge in [0.05, 0.1) is 12.6 Å². The highest BCUT2D eigenvalue weighted by molar-refractivity contribution is 5.91. The van der Waals surface area contributed by atoms with Crippen LogP contribution in [0.3, 0.4) is 0 Å². The van der Waals surface area contributed by atoms with Gasteiger partial charge in [0.1, 0.15) is 11.6 Å². The second kappa shape index (κ2) is 7.35. The molecule has 6 heteroatoms. The number of nitrogens with zero attached hydrogens (tertiary/aromatic N) is 4. The van der Waals surface area contributed by atoms with E-state index in [2.05, 4.69) is 11.0 Å². The Morgan fingerprint density at radius 2 is 1.69 bits per heavy atom. The summed E-state index contributed by atoms with van der Waals surface area (Å²) >= 11 is 0. The van der Waals surface area contributed by atoms with Crippen molar-refractivity contribution in [3.8, 4) is 17.1 Å². The van der Waals surface area contributed by atoms with E-state index in [-0.39, 0.29) is 5.92 Å². The second-order valence-corrected chi connectivity index (χ2v) is 7.70. The summed E-state index contributed by atoms with van der Waals surface area (Å²) in [6.45, 7) is 3.10. The number of ether oxygens (including phenoxy) is 1. The van der Waals surface area contributed by atoms with Crippen molar-refractivity contribution in [3.63, 3.8) is 0 Å². The van der Waals surface area contributed by atoms with Crippen LogP contribution in [0.15, 0.2) is 48.5 Å². The van der Waals surface area contributed by atoms with Crippen molar-refractivity contribution in [3.05, 3.63) is 48.5 Å². The van der Waals surface area contributed by atoms with E-state index in [0.717, 1.165) is 67.1 Å². The number of anilines is 1. The molecule has 3 aromatic rings. The predicted octanol–water partition coefficient (Wildman–Crippen LogP) is 3.36. The molecule has 0 bridgehead atoms. The molecule has 5 rings (SSSR count). The number of hydrogen-bond donors (Lipinski definition) is 0. The van der Waals surface area contributed by atoms with Crippen LogP contribution in [-0.2, 0) is 4.79 Å². The number of para-hydroxylation sites is 1. The van der Waals surface area contributed by atoms with E-state index >= 15 is 0 Å². The Bertz CT molecular complexity index is 1040. The van der Waals surface area contributed by atoms with Crippen LogP contribution < -0.4 is 9.64 Å². The highest BCUT2D eigenvalue weighted by Gasteiger charge is 2.35. The van der Waals surface area contributed by atoms with Gasteiger partial charge in [-0.3, -0.25) is 4.79 Å². The molecule has 6 nitrogen and oxygen atoms in total. The molecule has 0 N–H and O–H groups in total. The van der Waals surface area contributed by atoms with Gasteiger partial charge in [-0.1, -0.05) is 12.1 Å². The van der Waals surface area contributed by atoms with Gasteiger partial charge in [0.15, 0.2) is 5.82 Å². The van der Waals surface area contributed by atoms with Gasteiger partial charge in [-0.25, -0.2) is 9.97 Å². The maximum atomic E-state index is 12.4. The molecular formula is C23H24N4O2. The number of carbonyl (C=O) groups is 1. The lowest BCUT2D eigenvalue weighted by Crippen LogP contribution is -2.49. The Morgan fingerprint density at radius 1 is 0.966 bits per heavy atom. The lowest BCUT2D eigenvalue weighted by Gasteiger charge is -2.36. The Morgan fingerprint density at radius 3 is 2.38 bits per heavy atom. The van der Waals surface area contributed by atoms with E-state index in [4.69, 9.17) is 14.7 Å². The van der Waals surface area contributed by atoms with E-state index in [1.54, 1.807) is 7.11 Å². The minimum absolute atomic E-state index is 0.281. The van der Waals surface area contributed by atoms with Crippen LogP contribution >= 0.6 is 0 Å². The van der Waals surface area contributed by atoms with Gasteiger partial charge in [0.25, 0.3) is 0 Å². The van der Waals surface area contributed by atoms with Gasteiger partial charge >= 0.3 is 0 Å². The van der Waals surface area contributed by atoms with Crippen molar-refractivity contribution in [1.29, 1.82) is 0 Å². The average molecular weight is 388 g/mol. The van der Waals surface area contributed by atoms with E-state index in [1.807, 2.05) is 47.4 Å². The number of piperazine rings is 1. The van der Waals surface area contributed by atoms with Crippen LogP contribution in [-0.4, -0.2) is 54.1 Å². The third-order valence-electron chi connectivity index (χ3n) is 5.75. The molecule has 2 aromatic carbocycles. The monoisotopic (exact) mass is 388 g/mol. The van der Waals surface area contributed by atoms with Crippen molar-refractivity contribution in [2.45, 2.75) is 12.8 Å². The van der Waals surface area contributed by atoms with Gasteiger partial charge in [-0.15, -0.1) is 0 Å². The van der Waals surface area contributed by atoms with Crippen molar-refractivity contribution < 1.29 is 9.53 Å². The van der Waals surface area contributed by atoms with Crippen molar-refractivity contribution in [2.75, 3.05) is 38.2 Å². The zero-order valence-corrected chi connectivity index (χ0v) is 16.5. The van der Waals surface area contributed by atoms with Crippen molar-refractivity contribution in [1.82, 2.24) is 14.9 Å². The molecule has 1 saturated carbocycles. The topological polar surface area (TPSA) is 58.6 Å². The summed E-state index contributed by atoms with van der Waals surface area (Å²) in [6.07, 6.45) is 2.11. The molecule has 0 unspecified atom stereocenters. The van der Waals surface area contributed by atoms with E-state index in [0.29, 0.717) is 11.7 Å². The maximum absolute atomic E-state index is 12.4. The van der Waals surface area contributed by atoms with Crippen molar-refractivity contribution >= 4 is 22.6 Å². The molecular weight excluding hydrogens is 364 g/mol. The van der Waals surface area contributed by atoms with Gasteiger partial charge < -0.3 is 14.5 Å². The maximum Gasteiger partial charge on any atom is 0.225 e. The summed E-state index contributed by atoms with van der Waals surface area (Å²) < 4.78 is 5.26. The average Bonchev–Trinajstić information content (AvgIpc) is 3.63. The number of fused-ring (bicyclic) bond motifs is 1. The zero-order chi connectivity index (χ0) is 19.8. The van der Waals surface area contributed by atoms with Crippen LogP contribution in [0, 0.1) is 5.92 Å². The number of rotatable bonds is 4. The van der Waals surface area contributed by atoms with Gasteiger partial charge in [0.2, 0.25) is 5.91 Å². The predicted molar refractivity (Wildman–Crippen MR) is 113 cm³/mol. The second-order valence-electron chi connectivity index (χ2n) is 7.70. The summed E-state index contributed by atoms with van der Waals surface area (Å²) in [6, 6.07) is 16.0. The fourth-order valence-corrected chi connectivity index (χ4v) is 3.90. The standard InChI is InChI=1S/C23H24N4O2/c1-29-18-10-8-16(9-11-18)21-24-20-5-3-2-4-19(20)22(25-21)26-12-14-27(15-13-26)23(28)17-6-7-17/h2-5,8-11,17H,6-7,12-15H2,1H3. The molecule has 0 spiro atoms. The molecule has 1 aliphatic carbocycles. The zero-order valence-electron chi connectivity index (χ0n) is 16.5. The number of carbonyl (C=O) groups excluding carboxylic acids is 1. The number of hydrogen-bond acceptors (Lipinski definition) is 5. The van der Waals surface area contributed by atoms with Crippen LogP contribution in [0.1, 0.15) is 12.8 Å². The molecule has 148 valence electrons. The molecule has 1 aromatic heterocycles. The SMILES string of the molecule is COc1ccc(-c2nc(N3CCN(C(=O)C4CC4)CC3)c3ccccc3n2)cc1. The number of amides is 1. The molecule has 2 fully saturated rings. The summed E-state index contributed by atoms with van der Waals surface area (Å²) in [5.74, 6) is 3.07. The van der Waals surface area contributed by atoms with Crippen molar-refractivity contribution in [2.24, 2.45) is 5.92 Å². The minimum Gasteiger partial charge on any atom is -0.497 e. The Labute approximate surface area is 170 Å². The van der Waals surface area contributed by atoms with Crippen LogP contribution in [0.5, 0.6) is 5.75 Å². The molecule has 1 saturated heterocycles. The highest BCUT2D eigenvalue weighted by atomic mass is 16.5. The lowest BCUT2D eigenvalue weighted by atomic mass is 10.1. The molecule has 29 heavy (non-hydrogen) atoms.